The van der Waals surface area contributed by atoms with Gasteiger partial charge in [0.1, 0.15) is 43.2 Å². The number of phosphoric ester groups is 1. The van der Waals surface area contributed by atoms with E-state index in [0.29, 0.717) is 25.7 Å². The fourth-order valence-electron chi connectivity index (χ4n) is 6.16. The van der Waals surface area contributed by atoms with Crippen molar-refractivity contribution < 1.29 is 67.9 Å². The molecule has 1 aliphatic carbocycles. The van der Waals surface area contributed by atoms with E-state index in [1.54, 1.807) is 12.2 Å². The Bertz CT molecular complexity index is 1340. The van der Waals surface area contributed by atoms with Gasteiger partial charge in [-0.3, -0.25) is 23.4 Å². The molecule has 0 saturated heterocycles. The van der Waals surface area contributed by atoms with E-state index < -0.39 is 75.7 Å². The molecule has 0 bridgehead atoms. The van der Waals surface area contributed by atoms with Crippen molar-refractivity contribution in [1.29, 1.82) is 0 Å². The molecule has 0 aromatic rings. The molecule has 0 heterocycles. The maximum absolute atomic E-state index is 12.8. The summed E-state index contributed by atoms with van der Waals surface area (Å²) >= 11 is 0. The Kier molecular flexibility index (Phi) is 32.0. The predicted molar refractivity (Wildman–Crippen MR) is 231 cm³/mol. The summed E-state index contributed by atoms with van der Waals surface area (Å²) in [7, 11) is -5.16. The fourth-order valence-corrected chi connectivity index (χ4v) is 7.13. The second kappa shape index (κ2) is 34.8. The van der Waals surface area contributed by atoms with E-state index >= 15 is 0 Å². The third-order valence-electron chi connectivity index (χ3n) is 9.81. The normalized spacial score (nSPS) is 22.7. The van der Waals surface area contributed by atoms with Crippen LogP contribution < -0.4 is 0 Å². The fraction of sp³-hybridized carbons (Fsp3) is 0.711. The number of unbranched alkanes of at least 4 members (excludes halogenated alkanes) is 12. The van der Waals surface area contributed by atoms with E-state index in [1.807, 2.05) is 6.08 Å². The number of esters is 2. The van der Waals surface area contributed by atoms with Crippen LogP contribution in [0.15, 0.2) is 60.8 Å². The molecule has 0 spiro atoms. The van der Waals surface area contributed by atoms with Gasteiger partial charge in [0.15, 0.2) is 11.9 Å². The van der Waals surface area contributed by atoms with Gasteiger partial charge >= 0.3 is 19.8 Å². The van der Waals surface area contributed by atoms with E-state index in [4.69, 9.17) is 18.5 Å². The van der Waals surface area contributed by atoms with Gasteiger partial charge in [-0.05, 0) is 76.7 Å². The van der Waals surface area contributed by atoms with Crippen LogP contribution in [0.1, 0.15) is 149 Å². The van der Waals surface area contributed by atoms with Gasteiger partial charge in [-0.1, -0.05) is 113 Å². The minimum atomic E-state index is -5.16. The summed E-state index contributed by atoms with van der Waals surface area (Å²) in [5, 5.41) is 50.1. The first kappa shape index (κ1) is 55.2. The highest BCUT2D eigenvalue weighted by Crippen LogP contribution is 2.47. The van der Waals surface area contributed by atoms with Crippen LogP contribution in [-0.4, -0.2) is 104 Å². The van der Waals surface area contributed by atoms with Gasteiger partial charge in [-0.25, -0.2) is 4.57 Å². The molecule has 15 heteroatoms. The molecule has 1 fully saturated rings. The van der Waals surface area contributed by atoms with E-state index in [1.165, 1.54) is 32.1 Å². The molecule has 3 unspecified atom stereocenters. The third kappa shape index (κ3) is 27.2. The largest absolute Gasteiger partial charge is 0.472 e. The molecule has 1 aliphatic rings. The highest BCUT2D eigenvalue weighted by Gasteiger charge is 2.51. The van der Waals surface area contributed by atoms with Gasteiger partial charge < -0.3 is 39.9 Å². The van der Waals surface area contributed by atoms with Crippen molar-refractivity contribution in [3.63, 3.8) is 0 Å². The molecule has 0 amide bonds. The number of aliphatic hydroxyl groups is 5. The summed E-state index contributed by atoms with van der Waals surface area (Å²) in [5.74, 6) is -1.18. The average molecular weight is 871 g/mol. The zero-order valence-corrected chi connectivity index (χ0v) is 36.9. The number of carbonyl (C=O) groups is 3. The molecule has 0 aliphatic heterocycles. The van der Waals surface area contributed by atoms with Crippen LogP contribution in [0, 0.1) is 0 Å². The van der Waals surface area contributed by atoms with Crippen molar-refractivity contribution in [2.45, 2.75) is 191 Å². The molecule has 0 aromatic heterocycles. The van der Waals surface area contributed by atoms with Gasteiger partial charge in [0.2, 0.25) is 0 Å². The van der Waals surface area contributed by atoms with Crippen molar-refractivity contribution in [1.82, 2.24) is 0 Å². The minimum Gasteiger partial charge on any atom is -0.462 e. The Morgan fingerprint density at radius 3 is 1.65 bits per heavy atom. The predicted octanol–water partition coefficient (Wildman–Crippen LogP) is 7.34. The van der Waals surface area contributed by atoms with Gasteiger partial charge in [0.25, 0.3) is 0 Å². The number of ether oxygens (including phenoxy) is 2. The number of hydrogen-bond acceptors (Lipinski definition) is 13. The Balaban J connectivity index is 2.56. The molecule has 6 N–H and O–H groups in total. The van der Waals surface area contributed by atoms with Crippen LogP contribution in [0.5, 0.6) is 0 Å². The number of ketones is 1. The number of phosphoric acid groups is 1. The molecule has 344 valence electrons. The molecule has 14 nitrogen and oxygen atoms in total. The molecule has 1 saturated carbocycles. The van der Waals surface area contributed by atoms with Crippen molar-refractivity contribution in [2.24, 2.45) is 0 Å². The van der Waals surface area contributed by atoms with E-state index in [-0.39, 0.29) is 18.6 Å². The van der Waals surface area contributed by atoms with Crippen LogP contribution in [-0.2, 0) is 37.5 Å². The first-order valence-corrected chi connectivity index (χ1v) is 23.5. The lowest BCUT2D eigenvalue weighted by atomic mass is 9.85. The maximum atomic E-state index is 12.8. The minimum absolute atomic E-state index is 0.00202. The zero-order chi connectivity index (χ0) is 44.4. The maximum Gasteiger partial charge on any atom is 0.472 e. The highest BCUT2D eigenvalue weighted by atomic mass is 31.2. The van der Waals surface area contributed by atoms with Gasteiger partial charge in [0, 0.05) is 19.3 Å². The lowest BCUT2D eigenvalue weighted by molar-refractivity contribution is -0.220. The van der Waals surface area contributed by atoms with E-state index in [0.717, 1.165) is 64.2 Å². The number of rotatable bonds is 35. The summed E-state index contributed by atoms with van der Waals surface area (Å²) in [6.07, 6.45) is 23.8. The Labute approximate surface area is 358 Å². The summed E-state index contributed by atoms with van der Waals surface area (Å²) in [4.78, 5) is 47.7. The summed E-state index contributed by atoms with van der Waals surface area (Å²) in [6.45, 7) is 3.06. The van der Waals surface area contributed by atoms with Crippen LogP contribution in [0.4, 0.5) is 0 Å². The molecule has 60 heavy (non-hydrogen) atoms. The zero-order valence-electron chi connectivity index (χ0n) is 36.0. The molecular weight excluding hydrogens is 795 g/mol. The number of hydrogen-bond donors (Lipinski definition) is 6. The van der Waals surface area contributed by atoms with Gasteiger partial charge in [0.05, 0.1) is 6.61 Å². The van der Waals surface area contributed by atoms with Crippen molar-refractivity contribution in [3.05, 3.63) is 60.8 Å². The average Bonchev–Trinajstić information content (AvgIpc) is 3.22. The van der Waals surface area contributed by atoms with Crippen molar-refractivity contribution >= 4 is 25.5 Å². The number of allylic oxidation sites excluding steroid dienone is 10. The van der Waals surface area contributed by atoms with Gasteiger partial charge in [-0.15, -0.1) is 0 Å². The summed E-state index contributed by atoms with van der Waals surface area (Å²) in [5.41, 5.74) is 0. The lowest BCUT2D eigenvalue weighted by Crippen LogP contribution is -2.64. The topological polar surface area (TPSA) is 227 Å². The second-order valence-corrected chi connectivity index (χ2v) is 16.6. The monoisotopic (exact) mass is 870 g/mol. The molecule has 1 rings (SSSR count). The van der Waals surface area contributed by atoms with Crippen molar-refractivity contribution in [3.8, 4) is 0 Å². The van der Waals surface area contributed by atoms with Crippen LogP contribution in [0.2, 0.25) is 0 Å². The Hall–Kier alpha value is -2.78. The number of aliphatic hydroxyl groups excluding tert-OH is 5. The van der Waals surface area contributed by atoms with Crippen LogP contribution in [0.25, 0.3) is 0 Å². The van der Waals surface area contributed by atoms with E-state index in [2.05, 4.69) is 56.4 Å². The molecule has 8 atom stereocenters. The first-order chi connectivity index (χ1) is 28.8. The Morgan fingerprint density at radius 1 is 0.567 bits per heavy atom. The quantitative estimate of drug-likeness (QED) is 0.00915. The summed E-state index contributed by atoms with van der Waals surface area (Å²) < 4.78 is 33.3. The Morgan fingerprint density at radius 2 is 1.05 bits per heavy atom. The molecule has 0 aromatic carbocycles. The van der Waals surface area contributed by atoms with Crippen LogP contribution >= 0.6 is 7.82 Å². The SMILES string of the molecule is CCCCC/C=C\C=C\C(=O)CCCCCCCC(=O)O[C@H](COC(=O)CCCC/C=C\C/C=C\C/C=C\CCCCC)COP(=O)(O)OC1[C@H](O)[C@H](O)C(O)[C@H](O)[C@H]1O. The van der Waals surface area contributed by atoms with E-state index in [9.17, 15) is 49.4 Å². The van der Waals surface area contributed by atoms with Crippen LogP contribution in [0.3, 0.4) is 0 Å². The first-order valence-electron chi connectivity index (χ1n) is 22.0. The molecule has 0 radical (unpaired) electrons. The summed E-state index contributed by atoms with van der Waals surface area (Å²) in [6, 6.07) is 0. The van der Waals surface area contributed by atoms with Crippen molar-refractivity contribution in [2.75, 3.05) is 13.2 Å². The smallest absolute Gasteiger partial charge is 0.462 e. The molecular formula is C45H75O14P. The highest BCUT2D eigenvalue weighted by molar-refractivity contribution is 7.47. The second-order valence-electron chi connectivity index (χ2n) is 15.2. The van der Waals surface area contributed by atoms with Gasteiger partial charge in [-0.2, -0.15) is 0 Å². The third-order valence-corrected chi connectivity index (χ3v) is 10.8. The number of carbonyl (C=O) groups excluding carboxylic acids is 3. The standard InChI is InChI=1S/C45H75O14P/c1-3-5-7-9-11-12-13-14-15-16-17-18-20-24-28-32-38(47)56-34-37(35-57-60(54,55)59-45-43(52)41(50)40(49)42(51)44(45)53)58-39(48)33-29-25-21-23-27-31-36(46)30-26-22-19-10-8-6-4-2/h11-12,14-15,17-19,22,26,30,37,40-45,49-53H,3-10,13,16,20-21,23-25,27-29,31-35H2,1-2H3,(H,54,55)/b12-11-,15-14-,18-17-,22-19-,30-26+/t37-,40?,41-,42+,43-,44-,45?/m1/s1. The lowest BCUT2D eigenvalue weighted by Gasteiger charge is -2.41.